The van der Waals surface area contributed by atoms with Gasteiger partial charge in [0.25, 0.3) is 5.91 Å². The van der Waals surface area contributed by atoms with E-state index in [0.717, 1.165) is 57.9 Å². The largest absolute Gasteiger partial charge is 0.370 e. The van der Waals surface area contributed by atoms with Crippen molar-refractivity contribution in [1.82, 2.24) is 19.8 Å². The molecule has 0 atom stereocenters. The molecule has 1 aliphatic rings. The number of hydrogen-bond acceptors (Lipinski definition) is 5. The minimum atomic E-state index is 0.00620. The Bertz CT molecular complexity index is 457. The van der Waals surface area contributed by atoms with Crippen LogP contribution in [0.1, 0.15) is 37.2 Å². The maximum Gasteiger partial charge on any atom is 0.272 e. The zero-order chi connectivity index (χ0) is 15.1. The predicted molar refractivity (Wildman–Crippen MR) is 83.4 cm³/mol. The van der Waals surface area contributed by atoms with Gasteiger partial charge in [-0.25, -0.2) is 9.97 Å². The van der Waals surface area contributed by atoms with E-state index in [1.807, 2.05) is 4.90 Å². The molecule has 116 valence electrons. The maximum absolute atomic E-state index is 12.5. The number of amides is 1. The summed E-state index contributed by atoms with van der Waals surface area (Å²) in [5, 5.41) is 3.23. The number of carbonyl (C=O) groups is 1. The molecule has 0 aliphatic carbocycles. The van der Waals surface area contributed by atoms with E-state index in [1.54, 1.807) is 6.07 Å². The third kappa shape index (κ3) is 4.39. The number of rotatable bonds is 6. The molecular formula is C15H25N5O. The van der Waals surface area contributed by atoms with Crippen molar-refractivity contribution in [1.29, 1.82) is 0 Å². The van der Waals surface area contributed by atoms with Crippen LogP contribution in [0.25, 0.3) is 0 Å². The Kier molecular flexibility index (Phi) is 5.92. The van der Waals surface area contributed by atoms with Crippen LogP contribution < -0.4 is 5.32 Å². The van der Waals surface area contributed by atoms with Gasteiger partial charge in [0.1, 0.15) is 17.8 Å². The van der Waals surface area contributed by atoms with Crippen molar-refractivity contribution in [2.45, 2.75) is 26.7 Å². The van der Waals surface area contributed by atoms with Gasteiger partial charge in [0.05, 0.1) is 0 Å². The highest BCUT2D eigenvalue weighted by molar-refractivity contribution is 5.93. The monoisotopic (exact) mass is 291 g/mol. The zero-order valence-electron chi connectivity index (χ0n) is 13.0. The molecule has 1 aromatic rings. The van der Waals surface area contributed by atoms with Crippen LogP contribution in [0, 0.1) is 0 Å². The lowest BCUT2D eigenvalue weighted by molar-refractivity contribution is 0.0637. The number of unbranched alkanes of at least 4 members (excludes halogenated alkanes) is 1. The van der Waals surface area contributed by atoms with Gasteiger partial charge in [-0.3, -0.25) is 4.79 Å². The van der Waals surface area contributed by atoms with Crippen LogP contribution >= 0.6 is 0 Å². The van der Waals surface area contributed by atoms with Crippen molar-refractivity contribution >= 4 is 11.7 Å². The fourth-order valence-corrected chi connectivity index (χ4v) is 2.39. The van der Waals surface area contributed by atoms with E-state index in [4.69, 9.17) is 0 Å². The van der Waals surface area contributed by atoms with Gasteiger partial charge in [-0.05, 0) is 13.0 Å². The number of nitrogens with zero attached hydrogens (tertiary/aromatic N) is 4. The van der Waals surface area contributed by atoms with Crippen LogP contribution in [0.4, 0.5) is 5.82 Å². The van der Waals surface area contributed by atoms with Gasteiger partial charge in [0, 0.05) is 38.8 Å². The van der Waals surface area contributed by atoms with Gasteiger partial charge in [-0.2, -0.15) is 0 Å². The van der Waals surface area contributed by atoms with Gasteiger partial charge < -0.3 is 15.1 Å². The highest BCUT2D eigenvalue weighted by Gasteiger charge is 2.22. The average molecular weight is 291 g/mol. The second-order valence-electron chi connectivity index (χ2n) is 5.30. The summed E-state index contributed by atoms with van der Waals surface area (Å²) in [6.07, 6.45) is 3.68. The molecule has 1 aromatic heterocycles. The first-order valence-electron chi connectivity index (χ1n) is 7.82. The van der Waals surface area contributed by atoms with E-state index in [2.05, 4.69) is 34.0 Å². The molecule has 0 aromatic carbocycles. The number of aromatic nitrogens is 2. The standard InChI is InChI=1S/C15H25N5O/c1-3-5-6-16-14-11-13(17-12-18-14)15(21)20-9-7-19(4-2)8-10-20/h11-12H,3-10H2,1-2H3,(H,16,17,18). The first kappa shape index (κ1) is 15.7. The van der Waals surface area contributed by atoms with Crippen molar-refractivity contribution in [2.24, 2.45) is 0 Å². The molecule has 1 N–H and O–H groups in total. The zero-order valence-corrected chi connectivity index (χ0v) is 13.0. The maximum atomic E-state index is 12.5. The molecule has 1 amide bonds. The molecule has 21 heavy (non-hydrogen) atoms. The van der Waals surface area contributed by atoms with Gasteiger partial charge in [-0.1, -0.05) is 20.3 Å². The fraction of sp³-hybridized carbons (Fsp3) is 0.667. The lowest BCUT2D eigenvalue weighted by Crippen LogP contribution is -2.48. The van der Waals surface area contributed by atoms with E-state index in [-0.39, 0.29) is 5.91 Å². The van der Waals surface area contributed by atoms with Crippen LogP contribution in [0.2, 0.25) is 0 Å². The van der Waals surface area contributed by atoms with E-state index >= 15 is 0 Å². The van der Waals surface area contributed by atoms with Crippen LogP contribution in [0.5, 0.6) is 0 Å². The molecule has 0 bridgehead atoms. The summed E-state index contributed by atoms with van der Waals surface area (Å²) in [5.41, 5.74) is 0.481. The van der Waals surface area contributed by atoms with Gasteiger partial charge in [0.15, 0.2) is 0 Å². The molecule has 2 rings (SSSR count). The minimum absolute atomic E-state index is 0.00620. The highest BCUT2D eigenvalue weighted by atomic mass is 16.2. The van der Waals surface area contributed by atoms with Crippen molar-refractivity contribution in [3.8, 4) is 0 Å². The first-order chi connectivity index (χ1) is 10.2. The lowest BCUT2D eigenvalue weighted by Gasteiger charge is -2.33. The molecule has 0 saturated carbocycles. The first-order valence-corrected chi connectivity index (χ1v) is 7.82. The minimum Gasteiger partial charge on any atom is -0.370 e. The van der Waals surface area contributed by atoms with E-state index in [9.17, 15) is 4.79 Å². The Morgan fingerprint density at radius 3 is 2.67 bits per heavy atom. The molecule has 1 fully saturated rings. The Morgan fingerprint density at radius 1 is 1.24 bits per heavy atom. The second-order valence-corrected chi connectivity index (χ2v) is 5.30. The summed E-state index contributed by atoms with van der Waals surface area (Å²) in [5.74, 6) is 0.737. The number of anilines is 1. The normalized spacial score (nSPS) is 16.0. The summed E-state index contributed by atoms with van der Waals surface area (Å²) in [6, 6.07) is 1.75. The van der Waals surface area contributed by atoms with Crippen LogP contribution in [0.15, 0.2) is 12.4 Å². The Labute approximate surface area is 126 Å². The Balaban J connectivity index is 1.94. The van der Waals surface area contributed by atoms with Crippen molar-refractivity contribution in [3.63, 3.8) is 0 Å². The lowest BCUT2D eigenvalue weighted by atomic mass is 10.2. The number of piperazine rings is 1. The van der Waals surface area contributed by atoms with E-state index in [0.29, 0.717) is 5.69 Å². The summed E-state index contributed by atoms with van der Waals surface area (Å²) >= 11 is 0. The van der Waals surface area contributed by atoms with Gasteiger partial charge >= 0.3 is 0 Å². The molecular weight excluding hydrogens is 266 g/mol. The molecule has 2 heterocycles. The number of likely N-dealkylation sites (N-methyl/N-ethyl adjacent to an activating group) is 1. The number of hydrogen-bond donors (Lipinski definition) is 1. The molecule has 1 saturated heterocycles. The SMILES string of the molecule is CCCCNc1cc(C(=O)N2CCN(CC)CC2)ncn1. The average Bonchev–Trinajstić information content (AvgIpc) is 2.55. The summed E-state index contributed by atoms with van der Waals surface area (Å²) in [7, 11) is 0. The van der Waals surface area contributed by atoms with Crippen LogP contribution in [0.3, 0.4) is 0 Å². The van der Waals surface area contributed by atoms with E-state index < -0.39 is 0 Å². The smallest absolute Gasteiger partial charge is 0.272 e. The third-order valence-corrected chi connectivity index (χ3v) is 3.83. The molecule has 0 unspecified atom stereocenters. The summed E-state index contributed by atoms with van der Waals surface area (Å²) in [6.45, 7) is 9.63. The quantitative estimate of drug-likeness (QED) is 0.804. The third-order valence-electron chi connectivity index (χ3n) is 3.83. The topological polar surface area (TPSA) is 61.4 Å². The molecule has 6 nitrogen and oxygen atoms in total. The summed E-state index contributed by atoms with van der Waals surface area (Å²) in [4.78, 5) is 25.0. The number of nitrogens with one attached hydrogen (secondary N) is 1. The summed E-state index contributed by atoms with van der Waals surface area (Å²) < 4.78 is 0. The van der Waals surface area contributed by atoms with Crippen LogP contribution in [-0.4, -0.2) is 64.9 Å². The van der Waals surface area contributed by atoms with E-state index in [1.165, 1.54) is 6.33 Å². The van der Waals surface area contributed by atoms with Crippen molar-refractivity contribution < 1.29 is 4.79 Å². The van der Waals surface area contributed by atoms with Crippen molar-refractivity contribution in [2.75, 3.05) is 44.6 Å². The Morgan fingerprint density at radius 2 is 2.00 bits per heavy atom. The predicted octanol–water partition coefficient (Wildman–Crippen LogP) is 1.47. The molecule has 1 aliphatic heterocycles. The van der Waals surface area contributed by atoms with Gasteiger partial charge in [0.2, 0.25) is 0 Å². The molecule has 0 radical (unpaired) electrons. The number of carbonyl (C=O) groups excluding carboxylic acids is 1. The second kappa shape index (κ2) is 7.93. The van der Waals surface area contributed by atoms with Crippen LogP contribution in [-0.2, 0) is 0 Å². The fourth-order valence-electron chi connectivity index (χ4n) is 2.39. The van der Waals surface area contributed by atoms with Gasteiger partial charge in [-0.15, -0.1) is 0 Å². The molecule has 0 spiro atoms. The molecule has 6 heteroatoms. The highest BCUT2D eigenvalue weighted by Crippen LogP contribution is 2.10. The van der Waals surface area contributed by atoms with Crippen molar-refractivity contribution in [3.05, 3.63) is 18.1 Å². The Hall–Kier alpha value is -1.69.